The van der Waals surface area contributed by atoms with Crippen LogP contribution in [0, 0.1) is 11.6 Å². The average Bonchev–Trinajstić information content (AvgIpc) is 2.10. The van der Waals surface area contributed by atoms with Crippen molar-refractivity contribution in [2.75, 3.05) is 5.33 Å². The summed E-state index contributed by atoms with van der Waals surface area (Å²) in [5.74, 6) is -2.24. The van der Waals surface area contributed by atoms with Crippen LogP contribution in [0.3, 0.4) is 0 Å². The van der Waals surface area contributed by atoms with E-state index in [0.717, 1.165) is 6.07 Å². The van der Waals surface area contributed by atoms with Crippen molar-refractivity contribution >= 4 is 33.3 Å². The Bertz CT molecular complexity index is 354. The van der Waals surface area contributed by atoms with Gasteiger partial charge in [-0.3, -0.25) is 4.79 Å². The lowest BCUT2D eigenvalue weighted by Gasteiger charge is -2.01. The van der Waals surface area contributed by atoms with Gasteiger partial charge in [0.15, 0.2) is 5.78 Å². The van der Waals surface area contributed by atoms with Crippen molar-refractivity contribution < 1.29 is 13.6 Å². The van der Waals surface area contributed by atoms with Crippen molar-refractivity contribution in [1.82, 2.24) is 0 Å². The van der Waals surface area contributed by atoms with E-state index in [2.05, 4.69) is 15.9 Å². The summed E-state index contributed by atoms with van der Waals surface area (Å²) in [7, 11) is 0. The summed E-state index contributed by atoms with van der Waals surface area (Å²) in [5.41, 5.74) is -0.205. The van der Waals surface area contributed by atoms with Gasteiger partial charge >= 0.3 is 0 Å². The maximum atomic E-state index is 12.9. The predicted octanol–water partition coefficient (Wildman–Crippen LogP) is 3.20. The number of Topliss-reactive ketones (excluding diaryl/α,β-unsaturated/α-hetero) is 1. The average molecular weight is 269 g/mol. The minimum absolute atomic E-state index is 0.0219. The third-order valence-corrected chi connectivity index (χ3v) is 2.23. The molecule has 1 aromatic rings. The Balaban J connectivity index is 3.23. The van der Waals surface area contributed by atoms with Crippen molar-refractivity contribution in [2.45, 2.75) is 0 Å². The summed E-state index contributed by atoms with van der Waals surface area (Å²) in [6.07, 6.45) is 0. The predicted molar refractivity (Wildman–Crippen MR) is 49.5 cm³/mol. The van der Waals surface area contributed by atoms with Crippen LogP contribution in [0.5, 0.6) is 0 Å². The van der Waals surface area contributed by atoms with Crippen LogP contribution < -0.4 is 0 Å². The molecule has 0 amide bonds. The maximum absolute atomic E-state index is 12.9. The molecule has 0 aliphatic carbocycles. The fourth-order valence-corrected chi connectivity index (χ4v) is 1.27. The second kappa shape index (κ2) is 4.15. The number of carbonyl (C=O) groups excluding carboxylic acids is 1. The number of halogens is 4. The summed E-state index contributed by atoms with van der Waals surface area (Å²) in [5, 5.41) is -0.281. The number of hydrogen-bond donors (Lipinski definition) is 0. The normalized spacial score (nSPS) is 10.2. The minimum atomic E-state index is -0.897. The van der Waals surface area contributed by atoms with Crippen molar-refractivity contribution in [2.24, 2.45) is 0 Å². The van der Waals surface area contributed by atoms with Gasteiger partial charge in [0.1, 0.15) is 11.6 Å². The van der Waals surface area contributed by atoms with Crippen LogP contribution in [0.2, 0.25) is 5.02 Å². The van der Waals surface area contributed by atoms with Gasteiger partial charge in [0.05, 0.1) is 15.9 Å². The molecule has 0 aliphatic heterocycles. The van der Waals surface area contributed by atoms with Crippen LogP contribution in [0.4, 0.5) is 8.78 Å². The molecule has 1 aromatic carbocycles. The molecular formula is C8H4BrClF2O. The zero-order valence-corrected chi connectivity index (χ0v) is 8.62. The molecule has 0 bridgehead atoms. The molecule has 5 heteroatoms. The van der Waals surface area contributed by atoms with Crippen LogP contribution in [-0.4, -0.2) is 11.1 Å². The second-order valence-corrected chi connectivity index (χ2v) is 3.27. The number of alkyl halides is 1. The van der Waals surface area contributed by atoms with E-state index in [9.17, 15) is 13.6 Å². The van der Waals surface area contributed by atoms with E-state index >= 15 is 0 Å². The molecule has 0 aliphatic rings. The van der Waals surface area contributed by atoms with E-state index < -0.39 is 17.4 Å². The van der Waals surface area contributed by atoms with E-state index in [4.69, 9.17) is 11.6 Å². The van der Waals surface area contributed by atoms with Crippen molar-refractivity contribution in [1.29, 1.82) is 0 Å². The Kier molecular flexibility index (Phi) is 3.39. The van der Waals surface area contributed by atoms with Crippen molar-refractivity contribution in [3.05, 3.63) is 34.4 Å². The SMILES string of the molecule is O=C(CBr)c1cc(Cl)c(F)cc1F. The quantitative estimate of drug-likeness (QED) is 0.458. The highest BCUT2D eigenvalue weighted by molar-refractivity contribution is 9.09. The van der Waals surface area contributed by atoms with Gasteiger partial charge in [0.2, 0.25) is 0 Å². The van der Waals surface area contributed by atoms with Gasteiger partial charge in [-0.15, -0.1) is 0 Å². The van der Waals surface area contributed by atoms with E-state index in [1.54, 1.807) is 0 Å². The molecule has 0 heterocycles. The number of ketones is 1. The molecule has 0 saturated heterocycles. The van der Waals surface area contributed by atoms with Crippen molar-refractivity contribution in [3.63, 3.8) is 0 Å². The molecular weight excluding hydrogens is 265 g/mol. The smallest absolute Gasteiger partial charge is 0.176 e. The van der Waals surface area contributed by atoms with E-state index in [-0.39, 0.29) is 15.9 Å². The third-order valence-electron chi connectivity index (χ3n) is 1.43. The molecule has 0 fully saturated rings. The molecule has 0 N–H and O–H groups in total. The van der Waals surface area contributed by atoms with Crippen LogP contribution in [-0.2, 0) is 0 Å². The Morgan fingerprint density at radius 1 is 1.38 bits per heavy atom. The van der Waals surface area contributed by atoms with Gasteiger partial charge in [0.25, 0.3) is 0 Å². The number of hydrogen-bond acceptors (Lipinski definition) is 1. The third kappa shape index (κ3) is 2.25. The van der Waals surface area contributed by atoms with Crippen LogP contribution in [0.1, 0.15) is 10.4 Å². The van der Waals surface area contributed by atoms with E-state index in [1.165, 1.54) is 0 Å². The van der Waals surface area contributed by atoms with Crippen LogP contribution in [0.15, 0.2) is 12.1 Å². The van der Waals surface area contributed by atoms with Crippen LogP contribution >= 0.6 is 27.5 Å². The molecule has 0 aromatic heterocycles. The molecule has 0 saturated carbocycles. The monoisotopic (exact) mass is 268 g/mol. The van der Waals surface area contributed by atoms with E-state index in [1.807, 2.05) is 0 Å². The summed E-state index contributed by atoms with van der Waals surface area (Å²) >= 11 is 8.25. The fourth-order valence-electron chi connectivity index (χ4n) is 0.808. The van der Waals surface area contributed by atoms with Gasteiger partial charge in [-0.05, 0) is 6.07 Å². The molecule has 0 radical (unpaired) electrons. The lowest BCUT2D eigenvalue weighted by Crippen LogP contribution is -2.04. The Morgan fingerprint density at radius 3 is 2.54 bits per heavy atom. The topological polar surface area (TPSA) is 17.1 Å². The highest BCUT2D eigenvalue weighted by atomic mass is 79.9. The highest BCUT2D eigenvalue weighted by Gasteiger charge is 2.13. The fraction of sp³-hybridized carbons (Fsp3) is 0.125. The van der Waals surface area contributed by atoms with Crippen LogP contribution in [0.25, 0.3) is 0 Å². The summed E-state index contributed by atoms with van der Waals surface area (Å²) in [6, 6.07) is 1.58. The lowest BCUT2D eigenvalue weighted by molar-refractivity contribution is 0.102. The molecule has 0 spiro atoms. The minimum Gasteiger partial charge on any atom is -0.293 e. The first kappa shape index (κ1) is 10.6. The van der Waals surface area contributed by atoms with Gasteiger partial charge in [-0.1, -0.05) is 27.5 Å². The molecule has 1 nitrogen and oxygen atoms in total. The summed E-state index contributed by atoms with van der Waals surface area (Å²) in [6.45, 7) is 0. The zero-order valence-electron chi connectivity index (χ0n) is 6.28. The number of rotatable bonds is 2. The van der Waals surface area contributed by atoms with Gasteiger partial charge < -0.3 is 0 Å². The lowest BCUT2D eigenvalue weighted by atomic mass is 10.1. The molecule has 1 rings (SSSR count). The molecule has 0 atom stereocenters. The van der Waals surface area contributed by atoms with Gasteiger partial charge in [0, 0.05) is 6.07 Å². The first-order valence-electron chi connectivity index (χ1n) is 3.30. The Labute approximate surface area is 86.8 Å². The first-order valence-corrected chi connectivity index (χ1v) is 4.80. The highest BCUT2D eigenvalue weighted by Crippen LogP contribution is 2.20. The summed E-state index contributed by atoms with van der Waals surface area (Å²) < 4.78 is 25.6. The number of benzene rings is 1. The molecule has 13 heavy (non-hydrogen) atoms. The Hall–Kier alpha value is -0.480. The van der Waals surface area contributed by atoms with Gasteiger partial charge in [-0.2, -0.15) is 0 Å². The van der Waals surface area contributed by atoms with E-state index in [0.29, 0.717) is 6.07 Å². The second-order valence-electron chi connectivity index (χ2n) is 2.30. The Morgan fingerprint density at radius 2 is 2.00 bits per heavy atom. The molecule has 70 valence electrons. The maximum Gasteiger partial charge on any atom is 0.176 e. The van der Waals surface area contributed by atoms with Crippen molar-refractivity contribution in [3.8, 4) is 0 Å². The largest absolute Gasteiger partial charge is 0.293 e. The first-order chi connectivity index (χ1) is 6.06. The van der Waals surface area contributed by atoms with Gasteiger partial charge in [-0.25, -0.2) is 8.78 Å². The zero-order chi connectivity index (χ0) is 10.0. The molecule has 0 unspecified atom stereocenters. The number of carbonyl (C=O) groups is 1. The summed E-state index contributed by atoms with van der Waals surface area (Å²) in [4.78, 5) is 11.0. The standard InChI is InChI=1S/C8H4BrClF2O/c9-3-8(13)4-1-5(10)7(12)2-6(4)11/h1-2H,3H2.